The smallest absolute Gasteiger partial charge is 0.309 e. The van der Waals surface area contributed by atoms with Crippen molar-refractivity contribution < 1.29 is 28.8 Å². The zero-order valence-corrected chi connectivity index (χ0v) is 19.4. The number of ether oxygens (including phenoxy) is 3. The molecule has 0 N–H and O–H groups in total. The molecule has 6 rings (SSSR count). The normalized spacial score (nSPS) is 48.1. The summed E-state index contributed by atoms with van der Waals surface area (Å²) in [6.07, 6.45) is 3.11. The van der Waals surface area contributed by atoms with Crippen LogP contribution < -0.4 is 0 Å². The molecule has 8 atom stereocenters. The first-order valence-corrected chi connectivity index (χ1v) is 12.1. The maximum Gasteiger partial charge on any atom is 0.309 e. The SMILES string of the molecule is C[C@H]1[C@H](OC(=O)CCN2CCN(C)CC2)OC2O[C@]3(C)CC[C@H]4[C@H](C)CC[C@@H]1C24OO3. The van der Waals surface area contributed by atoms with Gasteiger partial charge in [0.1, 0.15) is 0 Å². The summed E-state index contributed by atoms with van der Waals surface area (Å²) in [4.78, 5) is 29.3. The van der Waals surface area contributed by atoms with Crippen molar-refractivity contribution in [3.63, 3.8) is 0 Å². The number of carbonyl (C=O) groups is 1. The molecule has 176 valence electrons. The van der Waals surface area contributed by atoms with Crippen molar-refractivity contribution in [1.82, 2.24) is 9.80 Å². The van der Waals surface area contributed by atoms with Gasteiger partial charge in [-0.1, -0.05) is 13.8 Å². The number of fused-ring (bicyclic) bond motifs is 2. The summed E-state index contributed by atoms with van der Waals surface area (Å²) < 4.78 is 18.6. The van der Waals surface area contributed by atoms with E-state index >= 15 is 0 Å². The van der Waals surface area contributed by atoms with Crippen molar-refractivity contribution in [1.29, 1.82) is 0 Å². The highest BCUT2D eigenvalue weighted by molar-refractivity contribution is 5.69. The fourth-order valence-electron chi connectivity index (χ4n) is 6.52. The third-order valence-electron chi connectivity index (χ3n) is 8.57. The van der Waals surface area contributed by atoms with Gasteiger partial charge in [0, 0.05) is 51.0 Å². The number of hydrogen-bond acceptors (Lipinski definition) is 8. The Morgan fingerprint density at radius 1 is 1.06 bits per heavy atom. The van der Waals surface area contributed by atoms with Crippen LogP contribution in [0.4, 0.5) is 0 Å². The molecule has 2 unspecified atom stereocenters. The van der Waals surface area contributed by atoms with E-state index in [9.17, 15) is 4.79 Å². The number of piperazine rings is 1. The molecule has 0 aromatic rings. The molecule has 5 saturated heterocycles. The van der Waals surface area contributed by atoms with Gasteiger partial charge >= 0.3 is 5.97 Å². The Morgan fingerprint density at radius 2 is 1.84 bits per heavy atom. The van der Waals surface area contributed by atoms with Crippen molar-refractivity contribution in [2.45, 2.75) is 76.8 Å². The molecule has 8 heteroatoms. The first-order valence-electron chi connectivity index (χ1n) is 12.1. The summed E-state index contributed by atoms with van der Waals surface area (Å²) in [5.74, 6) is 0.0177. The van der Waals surface area contributed by atoms with Gasteiger partial charge in [-0.3, -0.25) is 4.79 Å². The summed E-state index contributed by atoms with van der Waals surface area (Å²) in [6.45, 7) is 11.1. The molecule has 31 heavy (non-hydrogen) atoms. The van der Waals surface area contributed by atoms with Crippen LogP contribution in [0.15, 0.2) is 0 Å². The lowest BCUT2D eigenvalue weighted by molar-refractivity contribution is -0.576. The van der Waals surface area contributed by atoms with E-state index in [0.717, 1.165) is 58.4 Å². The molecular weight excluding hydrogens is 400 g/mol. The molecule has 1 spiro atoms. The van der Waals surface area contributed by atoms with Crippen LogP contribution in [-0.4, -0.2) is 79.5 Å². The monoisotopic (exact) mass is 438 g/mol. The lowest BCUT2D eigenvalue weighted by Gasteiger charge is -2.59. The minimum absolute atomic E-state index is 0.0218. The average Bonchev–Trinajstić information content (AvgIpc) is 2.97. The van der Waals surface area contributed by atoms with Crippen molar-refractivity contribution in [3.05, 3.63) is 0 Å². The average molecular weight is 439 g/mol. The minimum atomic E-state index is -0.811. The van der Waals surface area contributed by atoms with Crippen molar-refractivity contribution in [2.75, 3.05) is 39.8 Å². The quantitative estimate of drug-likeness (QED) is 0.490. The van der Waals surface area contributed by atoms with Gasteiger partial charge in [0.2, 0.25) is 12.1 Å². The summed E-state index contributed by atoms with van der Waals surface area (Å²) in [5.41, 5.74) is -0.615. The van der Waals surface area contributed by atoms with Crippen LogP contribution in [0.3, 0.4) is 0 Å². The molecule has 6 fully saturated rings. The van der Waals surface area contributed by atoms with Gasteiger partial charge in [0.25, 0.3) is 0 Å². The summed E-state index contributed by atoms with van der Waals surface area (Å²) >= 11 is 0. The summed E-state index contributed by atoms with van der Waals surface area (Å²) in [6, 6.07) is 0. The number of esters is 1. The molecule has 1 saturated carbocycles. The fraction of sp³-hybridized carbons (Fsp3) is 0.957. The first kappa shape index (κ1) is 22.0. The third-order valence-corrected chi connectivity index (χ3v) is 8.57. The second kappa shape index (κ2) is 8.22. The minimum Gasteiger partial charge on any atom is -0.435 e. The van der Waals surface area contributed by atoms with Crippen LogP contribution in [0.2, 0.25) is 0 Å². The molecule has 0 aromatic carbocycles. The Balaban J connectivity index is 1.27. The van der Waals surface area contributed by atoms with E-state index < -0.39 is 24.0 Å². The number of carbonyl (C=O) groups excluding carboxylic acids is 1. The highest BCUT2D eigenvalue weighted by Crippen LogP contribution is 2.60. The van der Waals surface area contributed by atoms with Crippen LogP contribution in [0, 0.1) is 23.7 Å². The molecule has 0 amide bonds. The zero-order chi connectivity index (χ0) is 21.8. The highest BCUT2D eigenvalue weighted by Gasteiger charge is 2.69. The van der Waals surface area contributed by atoms with Crippen LogP contribution in [0.5, 0.6) is 0 Å². The van der Waals surface area contributed by atoms with Crippen LogP contribution in [0.25, 0.3) is 0 Å². The maximum atomic E-state index is 12.7. The van der Waals surface area contributed by atoms with Crippen LogP contribution >= 0.6 is 0 Å². The molecule has 2 bridgehead atoms. The molecular formula is C23H38N2O6. The second-order valence-corrected chi connectivity index (χ2v) is 10.7. The largest absolute Gasteiger partial charge is 0.435 e. The Hall–Kier alpha value is -0.770. The van der Waals surface area contributed by atoms with E-state index in [2.05, 4.69) is 30.7 Å². The molecule has 0 aromatic heterocycles. The molecule has 1 aliphatic carbocycles. The topological polar surface area (TPSA) is 69.7 Å². The van der Waals surface area contributed by atoms with Crippen LogP contribution in [0.1, 0.15) is 52.9 Å². The summed E-state index contributed by atoms with van der Waals surface area (Å²) in [7, 11) is 2.13. The van der Waals surface area contributed by atoms with E-state index in [4.69, 9.17) is 24.0 Å². The number of likely N-dealkylation sites (N-methyl/N-ethyl adjacent to an activating group) is 1. The second-order valence-electron chi connectivity index (χ2n) is 10.7. The molecule has 6 aliphatic rings. The highest BCUT2D eigenvalue weighted by atomic mass is 17.3. The first-order chi connectivity index (χ1) is 14.8. The van der Waals surface area contributed by atoms with Gasteiger partial charge in [-0.15, -0.1) is 0 Å². The number of hydrogen-bond donors (Lipinski definition) is 0. The lowest BCUT2D eigenvalue weighted by Crippen LogP contribution is -2.70. The van der Waals surface area contributed by atoms with E-state index in [1.807, 2.05) is 6.92 Å². The molecule has 0 radical (unpaired) electrons. The van der Waals surface area contributed by atoms with Gasteiger partial charge in [0.05, 0.1) is 6.42 Å². The van der Waals surface area contributed by atoms with Crippen molar-refractivity contribution >= 4 is 5.97 Å². The van der Waals surface area contributed by atoms with E-state index in [-0.39, 0.29) is 17.8 Å². The Morgan fingerprint density at radius 3 is 2.61 bits per heavy atom. The van der Waals surface area contributed by atoms with E-state index in [1.165, 1.54) is 0 Å². The molecule has 8 nitrogen and oxygen atoms in total. The van der Waals surface area contributed by atoms with Gasteiger partial charge in [-0.2, -0.15) is 0 Å². The lowest BCUT2D eigenvalue weighted by atomic mass is 9.58. The Bertz CT molecular complexity index is 685. The zero-order valence-electron chi connectivity index (χ0n) is 19.4. The molecule has 5 aliphatic heterocycles. The summed E-state index contributed by atoms with van der Waals surface area (Å²) in [5, 5.41) is 0. The van der Waals surface area contributed by atoms with Gasteiger partial charge in [0.15, 0.2) is 11.9 Å². The van der Waals surface area contributed by atoms with Gasteiger partial charge in [-0.25, -0.2) is 9.78 Å². The van der Waals surface area contributed by atoms with Gasteiger partial charge < -0.3 is 24.0 Å². The Kier molecular flexibility index (Phi) is 5.85. The molecule has 5 heterocycles. The van der Waals surface area contributed by atoms with Gasteiger partial charge in [-0.05, 0) is 45.1 Å². The van der Waals surface area contributed by atoms with E-state index in [1.54, 1.807) is 0 Å². The predicted molar refractivity (Wildman–Crippen MR) is 111 cm³/mol. The standard InChI is InChI=1S/C23H38N2O6/c1-15-5-6-18-16(2)20(27-19(26)8-10-25-13-11-24(4)12-14-25)28-21-23(18)17(15)7-9-22(3,29-21)30-31-23/h15-18,20-21H,5-14H2,1-4H3/t15-,16-,17+,18+,20-,21?,22+,23?/m1/s1. The van der Waals surface area contributed by atoms with Crippen LogP contribution in [-0.2, 0) is 28.8 Å². The number of nitrogens with zero attached hydrogens (tertiary/aromatic N) is 2. The van der Waals surface area contributed by atoms with Crippen molar-refractivity contribution in [2.24, 2.45) is 23.7 Å². The number of rotatable bonds is 4. The fourth-order valence-corrected chi connectivity index (χ4v) is 6.52. The van der Waals surface area contributed by atoms with E-state index in [0.29, 0.717) is 18.3 Å². The van der Waals surface area contributed by atoms with Crippen molar-refractivity contribution in [3.8, 4) is 0 Å². The predicted octanol–water partition coefficient (Wildman–Crippen LogP) is 2.38. The Labute approximate surface area is 185 Å². The maximum absolute atomic E-state index is 12.7. The third kappa shape index (κ3) is 3.83.